The Kier molecular flexibility index (Phi) is 1.99. The molecule has 0 atom stereocenters. The van der Waals surface area contributed by atoms with Gasteiger partial charge in [-0.25, -0.2) is 9.37 Å². The first-order valence-electron chi connectivity index (χ1n) is 2.79. The normalized spacial score (nSPS) is 11.8. The van der Waals surface area contributed by atoms with Crippen molar-refractivity contribution < 1.29 is 22.0 Å². The van der Waals surface area contributed by atoms with Crippen LogP contribution < -0.4 is 0 Å². The summed E-state index contributed by atoms with van der Waals surface area (Å²) in [6.45, 7) is 0. The van der Waals surface area contributed by atoms with E-state index in [2.05, 4.69) is 4.98 Å². The lowest BCUT2D eigenvalue weighted by molar-refractivity contribution is -0.140. The molecule has 0 aliphatic rings. The summed E-state index contributed by atoms with van der Waals surface area (Å²) in [4.78, 5) is 2.58. The van der Waals surface area contributed by atoms with Crippen LogP contribution in [-0.2, 0) is 6.18 Å². The minimum Gasteiger partial charge on any atom is -0.225 e. The summed E-state index contributed by atoms with van der Waals surface area (Å²) in [6, 6.07) is 0.0579. The molecule has 0 aromatic carbocycles. The van der Waals surface area contributed by atoms with Crippen LogP contribution in [-0.4, -0.2) is 4.98 Å². The fraction of sp³-hybridized carbons (Fsp3) is 0.167. The van der Waals surface area contributed by atoms with Crippen LogP contribution in [0.2, 0.25) is 0 Å². The highest BCUT2D eigenvalue weighted by atomic mass is 19.4. The van der Waals surface area contributed by atoms with Crippen LogP contribution in [0.4, 0.5) is 22.0 Å². The van der Waals surface area contributed by atoms with Gasteiger partial charge in [-0.2, -0.15) is 17.6 Å². The van der Waals surface area contributed by atoms with Crippen LogP contribution in [0.1, 0.15) is 5.56 Å². The van der Waals surface area contributed by atoms with Gasteiger partial charge in [-0.05, 0) is 6.07 Å². The zero-order chi connectivity index (χ0) is 9.35. The molecule has 0 amide bonds. The molecule has 1 aromatic rings. The largest absolute Gasteiger partial charge is 0.420 e. The SMILES string of the molecule is Fc1cnc(F)c(C(F)(F)F)c1. The molecule has 0 unspecified atom stereocenters. The molecule has 1 nitrogen and oxygen atoms in total. The summed E-state index contributed by atoms with van der Waals surface area (Å²) in [6.07, 6.45) is -4.52. The average Bonchev–Trinajstić information content (AvgIpc) is 1.92. The first-order valence-corrected chi connectivity index (χ1v) is 2.79. The third-order valence-corrected chi connectivity index (χ3v) is 1.11. The number of hydrogen-bond donors (Lipinski definition) is 0. The van der Waals surface area contributed by atoms with Crippen molar-refractivity contribution >= 4 is 0 Å². The number of nitrogens with zero attached hydrogens (tertiary/aromatic N) is 1. The Balaban J connectivity index is 3.23. The summed E-state index contributed by atoms with van der Waals surface area (Å²) in [5.41, 5.74) is -1.69. The van der Waals surface area contributed by atoms with E-state index >= 15 is 0 Å². The molecule has 0 radical (unpaired) electrons. The van der Waals surface area contributed by atoms with E-state index in [1.807, 2.05) is 0 Å². The van der Waals surface area contributed by atoms with Gasteiger partial charge in [-0.1, -0.05) is 0 Å². The standard InChI is InChI=1S/C6H2F5N/c7-3-1-4(6(9,10)11)5(8)12-2-3/h1-2H. The van der Waals surface area contributed by atoms with Crippen LogP contribution in [0.15, 0.2) is 12.3 Å². The number of aromatic nitrogens is 1. The van der Waals surface area contributed by atoms with Gasteiger partial charge in [0.05, 0.1) is 6.20 Å². The van der Waals surface area contributed by atoms with Gasteiger partial charge in [0.1, 0.15) is 11.4 Å². The lowest BCUT2D eigenvalue weighted by Gasteiger charge is -2.05. The van der Waals surface area contributed by atoms with E-state index in [4.69, 9.17) is 0 Å². The summed E-state index contributed by atoms with van der Waals surface area (Å²) in [5.74, 6) is -2.94. The van der Waals surface area contributed by atoms with Crippen molar-refractivity contribution in [3.05, 3.63) is 29.6 Å². The van der Waals surface area contributed by atoms with Gasteiger partial charge in [0.15, 0.2) is 0 Å². The fourth-order valence-corrected chi connectivity index (χ4v) is 0.621. The summed E-state index contributed by atoms with van der Waals surface area (Å²) >= 11 is 0. The van der Waals surface area contributed by atoms with Crippen molar-refractivity contribution in [3.63, 3.8) is 0 Å². The second-order valence-corrected chi connectivity index (χ2v) is 1.99. The molecule has 0 spiro atoms. The summed E-state index contributed by atoms with van der Waals surface area (Å²) < 4.78 is 59.8. The molecule has 0 saturated heterocycles. The highest BCUT2D eigenvalue weighted by molar-refractivity contribution is 5.15. The van der Waals surface area contributed by atoms with Crippen molar-refractivity contribution in [1.29, 1.82) is 0 Å². The van der Waals surface area contributed by atoms with E-state index in [9.17, 15) is 22.0 Å². The average molecular weight is 183 g/mol. The van der Waals surface area contributed by atoms with Gasteiger partial charge in [-0.3, -0.25) is 0 Å². The Morgan fingerprint density at radius 1 is 1.17 bits per heavy atom. The van der Waals surface area contributed by atoms with Gasteiger partial charge >= 0.3 is 6.18 Å². The van der Waals surface area contributed by atoms with E-state index < -0.39 is 23.5 Å². The van der Waals surface area contributed by atoms with Crippen molar-refractivity contribution in [3.8, 4) is 0 Å². The van der Waals surface area contributed by atoms with Gasteiger partial charge in [0.25, 0.3) is 0 Å². The van der Waals surface area contributed by atoms with Crippen LogP contribution >= 0.6 is 0 Å². The predicted octanol–water partition coefficient (Wildman–Crippen LogP) is 2.38. The molecular weight excluding hydrogens is 181 g/mol. The molecule has 12 heavy (non-hydrogen) atoms. The minimum atomic E-state index is -4.90. The topological polar surface area (TPSA) is 12.9 Å². The van der Waals surface area contributed by atoms with Crippen molar-refractivity contribution in [2.24, 2.45) is 0 Å². The van der Waals surface area contributed by atoms with Gasteiger partial charge in [-0.15, -0.1) is 0 Å². The van der Waals surface area contributed by atoms with Gasteiger partial charge < -0.3 is 0 Å². The smallest absolute Gasteiger partial charge is 0.225 e. The molecule has 0 N–H and O–H groups in total. The summed E-state index contributed by atoms with van der Waals surface area (Å²) in [5, 5.41) is 0. The molecule has 0 bridgehead atoms. The molecule has 6 heteroatoms. The number of rotatable bonds is 0. The van der Waals surface area contributed by atoms with Crippen molar-refractivity contribution in [2.75, 3.05) is 0 Å². The lowest BCUT2D eigenvalue weighted by Crippen LogP contribution is -2.09. The quantitative estimate of drug-likeness (QED) is 0.444. The monoisotopic (exact) mass is 183 g/mol. The number of alkyl halides is 3. The molecule has 1 rings (SSSR count). The molecule has 0 aliphatic heterocycles. The second kappa shape index (κ2) is 2.69. The van der Waals surface area contributed by atoms with Crippen LogP contribution in [0.25, 0.3) is 0 Å². The first-order chi connectivity index (χ1) is 5.41. The van der Waals surface area contributed by atoms with Gasteiger partial charge in [0, 0.05) is 0 Å². The maximum Gasteiger partial charge on any atom is 0.420 e. The Morgan fingerprint density at radius 2 is 1.75 bits per heavy atom. The lowest BCUT2D eigenvalue weighted by atomic mass is 10.3. The molecule has 1 heterocycles. The molecule has 0 fully saturated rings. The van der Waals surface area contributed by atoms with E-state index in [0.717, 1.165) is 0 Å². The molecule has 1 aromatic heterocycles. The number of halogens is 5. The van der Waals surface area contributed by atoms with E-state index in [1.165, 1.54) is 0 Å². The van der Waals surface area contributed by atoms with E-state index in [0.29, 0.717) is 6.20 Å². The third-order valence-electron chi connectivity index (χ3n) is 1.11. The van der Waals surface area contributed by atoms with Crippen molar-refractivity contribution in [2.45, 2.75) is 6.18 Å². The summed E-state index contributed by atoms with van der Waals surface area (Å²) in [7, 11) is 0. The minimum absolute atomic E-state index is 0.0579. The van der Waals surface area contributed by atoms with Crippen LogP contribution in [0.3, 0.4) is 0 Å². The molecule has 0 aliphatic carbocycles. The Labute approximate surface area is 63.8 Å². The zero-order valence-corrected chi connectivity index (χ0v) is 5.49. The van der Waals surface area contributed by atoms with E-state index in [-0.39, 0.29) is 6.07 Å². The first kappa shape index (κ1) is 8.89. The second-order valence-electron chi connectivity index (χ2n) is 1.99. The Bertz CT molecular complexity index is 292. The molecular formula is C6H2F5N. The van der Waals surface area contributed by atoms with Crippen molar-refractivity contribution in [1.82, 2.24) is 4.98 Å². The molecule has 66 valence electrons. The van der Waals surface area contributed by atoms with Crippen LogP contribution in [0, 0.1) is 11.8 Å². The third kappa shape index (κ3) is 1.69. The maximum absolute atomic E-state index is 12.3. The maximum atomic E-state index is 12.3. The fourth-order valence-electron chi connectivity index (χ4n) is 0.621. The number of pyridine rings is 1. The highest BCUT2D eigenvalue weighted by Crippen LogP contribution is 2.30. The Hall–Kier alpha value is -1.20. The molecule has 0 saturated carbocycles. The zero-order valence-electron chi connectivity index (χ0n) is 5.49. The van der Waals surface area contributed by atoms with Gasteiger partial charge in [0.2, 0.25) is 5.95 Å². The highest BCUT2D eigenvalue weighted by Gasteiger charge is 2.35. The van der Waals surface area contributed by atoms with Crippen LogP contribution in [0.5, 0.6) is 0 Å². The van der Waals surface area contributed by atoms with E-state index in [1.54, 1.807) is 0 Å². The number of hydrogen-bond acceptors (Lipinski definition) is 1. The predicted molar refractivity (Wildman–Crippen MR) is 29.2 cm³/mol. The Morgan fingerprint density at radius 3 is 2.17 bits per heavy atom.